The van der Waals surface area contributed by atoms with Crippen molar-refractivity contribution in [2.24, 2.45) is 5.92 Å². The third kappa shape index (κ3) is 1.95. The van der Waals surface area contributed by atoms with E-state index in [0.717, 1.165) is 16.9 Å². The lowest BCUT2D eigenvalue weighted by molar-refractivity contribution is 0.185. The molecule has 0 radical (unpaired) electrons. The molecule has 1 N–H and O–H groups in total. The number of rotatable bonds is 3. The molecule has 3 heteroatoms. The Kier molecular flexibility index (Phi) is 2.71. The van der Waals surface area contributed by atoms with Crippen LogP contribution in [0.1, 0.15) is 48.0 Å². The minimum Gasteiger partial charge on any atom is -0.463 e. The Labute approximate surface area is 106 Å². The van der Waals surface area contributed by atoms with Crippen molar-refractivity contribution in [1.82, 2.24) is 4.98 Å². The van der Waals surface area contributed by atoms with Crippen molar-refractivity contribution in [2.45, 2.75) is 32.3 Å². The van der Waals surface area contributed by atoms with E-state index in [1.54, 1.807) is 12.4 Å². The summed E-state index contributed by atoms with van der Waals surface area (Å²) < 4.78 is 5.77. The summed E-state index contributed by atoms with van der Waals surface area (Å²) in [5, 5.41) is 10.3. The normalized spacial score (nSPS) is 23.9. The second kappa shape index (κ2) is 4.25. The highest BCUT2D eigenvalue weighted by Gasteiger charge is 2.37. The fraction of sp³-hybridized carbons (Fsp3) is 0.400. The molecule has 1 saturated carbocycles. The van der Waals surface area contributed by atoms with Crippen molar-refractivity contribution in [1.29, 1.82) is 0 Å². The van der Waals surface area contributed by atoms with Gasteiger partial charge < -0.3 is 9.52 Å². The van der Waals surface area contributed by atoms with E-state index in [1.165, 1.54) is 6.42 Å². The number of aromatic nitrogens is 1. The van der Waals surface area contributed by atoms with Gasteiger partial charge in [0, 0.05) is 23.9 Å². The predicted octanol–water partition coefficient (Wildman–Crippen LogP) is 3.19. The van der Waals surface area contributed by atoms with Gasteiger partial charge in [0.1, 0.15) is 17.6 Å². The molecule has 2 aromatic heterocycles. The quantitative estimate of drug-likeness (QED) is 0.900. The summed E-state index contributed by atoms with van der Waals surface area (Å²) in [6.45, 7) is 4.18. The minimum absolute atomic E-state index is 0.543. The zero-order chi connectivity index (χ0) is 12.7. The lowest BCUT2D eigenvalue weighted by atomic mass is 10.0. The molecule has 0 bridgehead atoms. The molecule has 0 spiro atoms. The maximum atomic E-state index is 10.3. The highest BCUT2D eigenvalue weighted by molar-refractivity contribution is 5.30. The monoisotopic (exact) mass is 243 g/mol. The van der Waals surface area contributed by atoms with E-state index in [1.807, 2.05) is 25.1 Å². The topological polar surface area (TPSA) is 46.3 Å². The molecule has 3 rings (SSSR count). The van der Waals surface area contributed by atoms with Crippen LogP contribution in [-0.4, -0.2) is 10.1 Å². The zero-order valence-electron chi connectivity index (χ0n) is 10.6. The van der Waals surface area contributed by atoms with Gasteiger partial charge in [0.2, 0.25) is 0 Å². The van der Waals surface area contributed by atoms with Gasteiger partial charge in [-0.2, -0.15) is 0 Å². The van der Waals surface area contributed by atoms with Crippen LogP contribution < -0.4 is 0 Å². The smallest absolute Gasteiger partial charge is 0.138 e. The van der Waals surface area contributed by atoms with Gasteiger partial charge in [0.25, 0.3) is 0 Å². The van der Waals surface area contributed by atoms with Crippen molar-refractivity contribution in [2.75, 3.05) is 0 Å². The number of nitrogens with zero attached hydrogens (tertiary/aromatic N) is 1. The molecule has 3 atom stereocenters. The van der Waals surface area contributed by atoms with Crippen LogP contribution in [0.15, 0.2) is 35.0 Å². The van der Waals surface area contributed by atoms with Gasteiger partial charge in [0.15, 0.2) is 0 Å². The summed E-state index contributed by atoms with van der Waals surface area (Å²) in [6.07, 6.45) is 3.89. The van der Waals surface area contributed by atoms with Gasteiger partial charge in [-0.15, -0.1) is 0 Å². The first-order valence-corrected chi connectivity index (χ1v) is 6.35. The lowest BCUT2D eigenvalue weighted by Gasteiger charge is -2.10. The molecule has 1 aliphatic rings. The average molecular weight is 243 g/mol. The number of hydrogen-bond donors (Lipinski definition) is 1. The van der Waals surface area contributed by atoms with Crippen molar-refractivity contribution in [3.8, 4) is 0 Å². The fourth-order valence-electron chi connectivity index (χ4n) is 2.35. The molecule has 0 amide bonds. The number of aliphatic hydroxyl groups excluding tert-OH is 1. The van der Waals surface area contributed by atoms with E-state index in [9.17, 15) is 5.11 Å². The summed E-state index contributed by atoms with van der Waals surface area (Å²) in [5.74, 6) is 2.86. The van der Waals surface area contributed by atoms with Crippen LogP contribution in [0.2, 0.25) is 0 Å². The van der Waals surface area contributed by atoms with Gasteiger partial charge in [-0.25, -0.2) is 0 Å². The molecule has 2 heterocycles. The highest BCUT2D eigenvalue weighted by Crippen LogP contribution is 2.47. The van der Waals surface area contributed by atoms with E-state index < -0.39 is 6.10 Å². The summed E-state index contributed by atoms with van der Waals surface area (Å²) in [7, 11) is 0. The molecular weight excluding hydrogens is 226 g/mol. The Bertz CT molecular complexity index is 561. The highest BCUT2D eigenvalue weighted by atomic mass is 16.4. The van der Waals surface area contributed by atoms with E-state index in [4.69, 9.17) is 4.42 Å². The molecule has 3 nitrogen and oxygen atoms in total. The Morgan fingerprint density at radius 3 is 2.83 bits per heavy atom. The average Bonchev–Trinajstić information content (AvgIpc) is 2.92. The van der Waals surface area contributed by atoms with Gasteiger partial charge >= 0.3 is 0 Å². The van der Waals surface area contributed by atoms with Crippen molar-refractivity contribution < 1.29 is 9.52 Å². The van der Waals surface area contributed by atoms with Gasteiger partial charge in [-0.1, -0.05) is 6.92 Å². The molecule has 1 aliphatic carbocycles. The first-order chi connectivity index (χ1) is 8.66. The van der Waals surface area contributed by atoms with E-state index in [0.29, 0.717) is 17.6 Å². The Morgan fingerprint density at radius 1 is 1.39 bits per heavy atom. The van der Waals surface area contributed by atoms with E-state index in [-0.39, 0.29) is 0 Å². The second-order valence-electron chi connectivity index (χ2n) is 5.19. The summed E-state index contributed by atoms with van der Waals surface area (Å²) in [6, 6.07) is 5.75. The molecule has 0 aromatic carbocycles. The molecule has 18 heavy (non-hydrogen) atoms. The van der Waals surface area contributed by atoms with E-state index in [2.05, 4.69) is 11.9 Å². The number of aliphatic hydroxyl groups is 1. The summed E-state index contributed by atoms with van der Waals surface area (Å²) >= 11 is 0. The van der Waals surface area contributed by atoms with Crippen molar-refractivity contribution >= 4 is 0 Å². The first kappa shape index (κ1) is 11.5. The zero-order valence-corrected chi connectivity index (χ0v) is 10.6. The fourth-order valence-corrected chi connectivity index (χ4v) is 2.35. The standard InChI is InChI=1S/C15H17NO2/c1-9-5-6-16-8-12(9)15(17)14-4-3-13(18-14)11-7-10(11)2/h3-6,8,10-11,15,17H,7H2,1-2H3. The first-order valence-electron chi connectivity index (χ1n) is 6.35. The number of furan rings is 1. The van der Waals surface area contributed by atoms with Gasteiger partial charge in [-0.05, 0) is 43.0 Å². The van der Waals surface area contributed by atoms with Gasteiger partial charge in [-0.3, -0.25) is 4.98 Å². The number of hydrogen-bond acceptors (Lipinski definition) is 3. The minimum atomic E-state index is -0.721. The summed E-state index contributed by atoms with van der Waals surface area (Å²) in [5.41, 5.74) is 1.83. The van der Waals surface area contributed by atoms with Crippen LogP contribution in [0.4, 0.5) is 0 Å². The maximum Gasteiger partial charge on any atom is 0.138 e. The second-order valence-corrected chi connectivity index (χ2v) is 5.19. The maximum absolute atomic E-state index is 10.3. The van der Waals surface area contributed by atoms with Crippen molar-refractivity contribution in [3.63, 3.8) is 0 Å². The third-order valence-electron chi connectivity index (χ3n) is 3.77. The molecule has 0 aliphatic heterocycles. The van der Waals surface area contributed by atoms with Crippen LogP contribution in [0.5, 0.6) is 0 Å². The van der Waals surface area contributed by atoms with E-state index >= 15 is 0 Å². The van der Waals surface area contributed by atoms with Crippen LogP contribution in [0.25, 0.3) is 0 Å². The van der Waals surface area contributed by atoms with Crippen LogP contribution >= 0.6 is 0 Å². The number of aryl methyl sites for hydroxylation is 1. The predicted molar refractivity (Wildman–Crippen MR) is 68.3 cm³/mol. The lowest BCUT2D eigenvalue weighted by Crippen LogP contribution is -2.01. The third-order valence-corrected chi connectivity index (χ3v) is 3.77. The molecule has 0 saturated heterocycles. The molecule has 2 aromatic rings. The Balaban J connectivity index is 1.86. The molecule has 1 fully saturated rings. The molecule has 3 unspecified atom stereocenters. The van der Waals surface area contributed by atoms with Crippen LogP contribution in [0.3, 0.4) is 0 Å². The van der Waals surface area contributed by atoms with Crippen LogP contribution in [0, 0.1) is 12.8 Å². The molecular formula is C15H17NO2. The van der Waals surface area contributed by atoms with Crippen molar-refractivity contribution in [3.05, 3.63) is 53.2 Å². The Hall–Kier alpha value is -1.61. The van der Waals surface area contributed by atoms with Gasteiger partial charge in [0.05, 0.1) is 0 Å². The number of pyridine rings is 1. The molecule has 94 valence electrons. The Morgan fingerprint density at radius 2 is 2.17 bits per heavy atom. The summed E-state index contributed by atoms with van der Waals surface area (Å²) in [4.78, 5) is 4.06. The SMILES string of the molecule is Cc1ccncc1C(O)c1ccc(C2CC2C)o1. The van der Waals surface area contributed by atoms with Crippen LogP contribution in [-0.2, 0) is 0 Å². The largest absolute Gasteiger partial charge is 0.463 e.